The molecule has 0 radical (unpaired) electrons. The molecule has 1 aromatic carbocycles. The summed E-state index contributed by atoms with van der Waals surface area (Å²) in [6.45, 7) is 2.67. The van der Waals surface area contributed by atoms with Crippen LogP contribution in [-0.2, 0) is 11.2 Å². The zero-order valence-corrected chi connectivity index (χ0v) is 16.1. The number of para-hydroxylation sites is 2. The standard InChI is InChI=1S/C20H21N5O2S/c26-17-6-2-1-5-16(17)24-9-11-25(12-10-24)19(27)13-15-14-28-20(22-15)23-18-7-3-4-8-21-18/h1-8,14,26H,9-13H2,(H,21,22,23). The van der Waals surface area contributed by atoms with Crippen LogP contribution in [-0.4, -0.2) is 52.1 Å². The summed E-state index contributed by atoms with van der Waals surface area (Å²) in [6.07, 6.45) is 2.01. The molecule has 3 heterocycles. The van der Waals surface area contributed by atoms with E-state index >= 15 is 0 Å². The number of rotatable bonds is 5. The van der Waals surface area contributed by atoms with Crippen molar-refractivity contribution in [1.29, 1.82) is 0 Å². The summed E-state index contributed by atoms with van der Waals surface area (Å²) < 4.78 is 0. The van der Waals surface area contributed by atoms with E-state index in [0.29, 0.717) is 26.2 Å². The molecule has 0 aliphatic carbocycles. The van der Waals surface area contributed by atoms with Gasteiger partial charge >= 0.3 is 0 Å². The second-order valence-electron chi connectivity index (χ2n) is 6.52. The van der Waals surface area contributed by atoms with Gasteiger partial charge < -0.3 is 20.2 Å². The number of carbonyl (C=O) groups is 1. The maximum atomic E-state index is 12.6. The zero-order valence-electron chi connectivity index (χ0n) is 15.3. The molecule has 0 unspecified atom stereocenters. The quantitative estimate of drug-likeness (QED) is 0.691. The van der Waals surface area contributed by atoms with Crippen LogP contribution < -0.4 is 10.2 Å². The van der Waals surface area contributed by atoms with E-state index in [-0.39, 0.29) is 18.1 Å². The number of carbonyl (C=O) groups excluding carboxylic acids is 1. The first-order valence-corrected chi connectivity index (χ1v) is 10.0. The molecule has 0 spiro atoms. The van der Waals surface area contributed by atoms with Crippen LogP contribution in [0.3, 0.4) is 0 Å². The van der Waals surface area contributed by atoms with Gasteiger partial charge in [-0.3, -0.25) is 4.79 Å². The fourth-order valence-corrected chi connectivity index (χ4v) is 3.90. The van der Waals surface area contributed by atoms with Gasteiger partial charge in [0.25, 0.3) is 0 Å². The van der Waals surface area contributed by atoms with Gasteiger partial charge in [0.1, 0.15) is 11.6 Å². The van der Waals surface area contributed by atoms with E-state index in [1.165, 1.54) is 11.3 Å². The maximum absolute atomic E-state index is 12.6. The number of piperazine rings is 1. The molecule has 3 aromatic rings. The summed E-state index contributed by atoms with van der Waals surface area (Å²) in [7, 11) is 0. The monoisotopic (exact) mass is 395 g/mol. The number of benzene rings is 1. The molecule has 2 aromatic heterocycles. The van der Waals surface area contributed by atoms with Crippen LogP contribution in [0.15, 0.2) is 54.0 Å². The number of phenols is 1. The number of hydrogen-bond donors (Lipinski definition) is 2. The van der Waals surface area contributed by atoms with E-state index in [4.69, 9.17) is 0 Å². The Morgan fingerprint density at radius 3 is 2.64 bits per heavy atom. The van der Waals surface area contributed by atoms with Crippen molar-refractivity contribution in [3.63, 3.8) is 0 Å². The Morgan fingerprint density at radius 1 is 1.11 bits per heavy atom. The summed E-state index contributed by atoms with van der Waals surface area (Å²) in [5.74, 6) is 1.08. The Hall–Kier alpha value is -3.13. The van der Waals surface area contributed by atoms with E-state index in [0.717, 1.165) is 22.3 Å². The second kappa shape index (κ2) is 8.26. The SMILES string of the molecule is O=C(Cc1csc(Nc2ccccn2)n1)N1CCN(c2ccccc2O)CC1. The predicted octanol–water partition coefficient (Wildman–Crippen LogP) is 2.88. The van der Waals surface area contributed by atoms with Gasteiger partial charge in [0.2, 0.25) is 5.91 Å². The minimum atomic E-state index is 0.0756. The number of nitrogens with one attached hydrogen (secondary N) is 1. The highest BCUT2D eigenvalue weighted by Crippen LogP contribution is 2.27. The van der Waals surface area contributed by atoms with E-state index in [1.807, 2.05) is 46.7 Å². The zero-order chi connectivity index (χ0) is 19.3. The summed E-state index contributed by atoms with van der Waals surface area (Å²) in [4.78, 5) is 25.3. The van der Waals surface area contributed by atoms with Gasteiger partial charge in [-0.15, -0.1) is 11.3 Å². The number of aromatic hydroxyl groups is 1. The Labute approximate surface area is 167 Å². The Kier molecular flexibility index (Phi) is 5.38. The van der Waals surface area contributed by atoms with Crippen LogP contribution in [0.5, 0.6) is 5.75 Å². The average Bonchev–Trinajstić information content (AvgIpc) is 3.16. The van der Waals surface area contributed by atoms with Crippen molar-refractivity contribution in [3.8, 4) is 5.75 Å². The molecule has 4 rings (SSSR count). The van der Waals surface area contributed by atoms with Gasteiger partial charge in [-0.1, -0.05) is 18.2 Å². The predicted molar refractivity (Wildman–Crippen MR) is 110 cm³/mol. The number of anilines is 3. The summed E-state index contributed by atoms with van der Waals surface area (Å²) >= 11 is 1.46. The van der Waals surface area contributed by atoms with Crippen molar-refractivity contribution in [3.05, 3.63) is 59.7 Å². The van der Waals surface area contributed by atoms with Crippen molar-refractivity contribution in [2.75, 3.05) is 36.4 Å². The lowest BCUT2D eigenvalue weighted by atomic mass is 10.2. The van der Waals surface area contributed by atoms with Gasteiger partial charge in [0.05, 0.1) is 17.8 Å². The number of nitrogens with zero attached hydrogens (tertiary/aromatic N) is 4. The minimum Gasteiger partial charge on any atom is -0.506 e. The van der Waals surface area contributed by atoms with Gasteiger partial charge in [-0.25, -0.2) is 9.97 Å². The van der Waals surface area contributed by atoms with E-state index < -0.39 is 0 Å². The second-order valence-corrected chi connectivity index (χ2v) is 7.38. The lowest BCUT2D eigenvalue weighted by molar-refractivity contribution is -0.130. The molecular formula is C20H21N5O2S. The Bertz CT molecular complexity index is 939. The molecule has 0 saturated carbocycles. The van der Waals surface area contributed by atoms with Crippen LogP contribution in [0.1, 0.15) is 5.69 Å². The molecule has 1 aliphatic rings. The van der Waals surface area contributed by atoms with E-state index in [1.54, 1.807) is 12.3 Å². The molecule has 7 nitrogen and oxygen atoms in total. The van der Waals surface area contributed by atoms with E-state index in [2.05, 4.69) is 20.2 Å². The van der Waals surface area contributed by atoms with Crippen molar-refractivity contribution in [2.24, 2.45) is 0 Å². The molecule has 1 saturated heterocycles. The van der Waals surface area contributed by atoms with Gasteiger partial charge in [0, 0.05) is 37.8 Å². The highest BCUT2D eigenvalue weighted by atomic mass is 32.1. The molecule has 0 bridgehead atoms. The average molecular weight is 395 g/mol. The third kappa shape index (κ3) is 4.23. The molecule has 1 fully saturated rings. The highest BCUT2D eigenvalue weighted by molar-refractivity contribution is 7.13. The normalized spacial score (nSPS) is 14.1. The van der Waals surface area contributed by atoms with Crippen LogP contribution in [0.4, 0.5) is 16.6 Å². The number of aromatic nitrogens is 2. The molecule has 28 heavy (non-hydrogen) atoms. The van der Waals surface area contributed by atoms with Crippen LogP contribution in [0.25, 0.3) is 0 Å². The van der Waals surface area contributed by atoms with Crippen molar-refractivity contribution < 1.29 is 9.90 Å². The Balaban J connectivity index is 1.31. The third-order valence-electron chi connectivity index (χ3n) is 4.64. The van der Waals surface area contributed by atoms with Gasteiger partial charge in [-0.2, -0.15) is 0 Å². The first kappa shape index (κ1) is 18.2. The molecule has 1 aliphatic heterocycles. The molecule has 2 N–H and O–H groups in total. The van der Waals surface area contributed by atoms with E-state index in [9.17, 15) is 9.90 Å². The number of pyridine rings is 1. The van der Waals surface area contributed by atoms with Gasteiger partial charge in [0.15, 0.2) is 5.13 Å². The molecule has 144 valence electrons. The molecule has 8 heteroatoms. The van der Waals surface area contributed by atoms with Crippen molar-refractivity contribution in [1.82, 2.24) is 14.9 Å². The van der Waals surface area contributed by atoms with Gasteiger partial charge in [-0.05, 0) is 24.3 Å². The van der Waals surface area contributed by atoms with Crippen LogP contribution in [0, 0.1) is 0 Å². The topological polar surface area (TPSA) is 81.6 Å². The molecular weight excluding hydrogens is 374 g/mol. The fourth-order valence-electron chi connectivity index (χ4n) is 3.19. The first-order chi connectivity index (χ1) is 13.7. The smallest absolute Gasteiger partial charge is 0.228 e. The largest absolute Gasteiger partial charge is 0.506 e. The number of thiazole rings is 1. The summed E-state index contributed by atoms with van der Waals surface area (Å²) in [5, 5.41) is 15.8. The Morgan fingerprint density at radius 2 is 1.89 bits per heavy atom. The third-order valence-corrected chi connectivity index (χ3v) is 5.45. The van der Waals surface area contributed by atoms with Crippen LogP contribution >= 0.6 is 11.3 Å². The highest BCUT2D eigenvalue weighted by Gasteiger charge is 2.23. The molecule has 1 amide bonds. The number of phenolic OH excluding ortho intramolecular Hbond substituents is 1. The number of amides is 1. The fraction of sp³-hybridized carbons (Fsp3) is 0.250. The lowest BCUT2D eigenvalue weighted by Gasteiger charge is -2.36. The van der Waals surface area contributed by atoms with Crippen molar-refractivity contribution in [2.45, 2.75) is 6.42 Å². The summed E-state index contributed by atoms with van der Waals surface area (Å²) in [6, 6.07) is 12.9. The number of hydrogen-bond acceptors (Lipinski definition) is 7. The minimum absolute atomic E-state index is 0.0756. The molecule has 0 atom stereocenters. The lowest BCUT2D eigenvalue weighted by Crippen LogP contribution is -2.49. The first-order valence-electron chi connectivity index (χ1n) is 9.12. The maximum Gasteiger partial charge on any atom is 0.228 e. The summed E-state index contributed by atoms with van der Waals surface area (Å²) in [5.41, 5.74) is 1.58. The van der Waals surface area contributed by atoms with Crippen molar-refractivity contribution >= 4 is 33.9 Å². The van der Waals surface area contributed by atoms with Crippen LogP contribution in [0.2, 0.25) is 0 Å².